The lowest BCUT2D eigenvalue weighted by Gasteiger charge is -2.12. The highest BCUT2D eigenvalue weighted by atomic mass is 19.1. The van der Waals surface area contributed by atoms with E-state index in [9.17, 15) is 14.0 Å². The third-order valence-corrected chi connectivity index (χ3v) is 3.80. The molecule has 0 aliphatic rings. The minimum absolute atomic E-state index is 0.0652. The molecule has 0 bridgehead atoms. The van der Waals surface area contributed by atoms with Crippen LogP contribution < -0.4 is 5.43 Å². The van der Waals surface area contributed by atoms with Crippen LogP contribution >= 0.6 is 0 Å². The predicted octanol–water partition coefficient (Wildman–Crippen LogP) is 3.27. The van der Waals surface area contributed by atoms with Crippen LogP contribution in [0.25, 0.3) is 11.1 Å². The summed E-state index contributed by atoms with van der Waals surface area (Å²) in [6.45, 7) is 2.22. The van der Waals surface area contributed by atoms with E-state index in [1.165, 1.54) is 30.5 Å². The Labute approximate surface area is 149 Å². The van der Waals surface area contributed by atoms with E-state index in [0.717, 1.165) is 5.69 Å². The van der Waals surface area contributed by atoms with Gasteiger partial charge in [-0.05, 0) is 36.8 Å². The van der Waals surface area contributed by atoms with Crippen molar-refractivity contribution in [3.05, 3.63) is 88.4 Å². The van der Waals surface area contributed by atoms with Crippen molar-refractivity contribution < 1.29 is 13.9 Å². The van der Waals surface area contributed by atoms with Crippen molar-refractivity contribution in [2.24, 2.45) is 0 Å². The number of carbonyl (C=O) groups is 1. The van der Waals surface area contributed by atoms with Crippen LogP contribution in [0.1, 0.15) is 23.0 Å². The Morgan fingerprint density at radius 3 is 2.58 bits per heavy atom. The molecule has 0 radical (unpaired) electrons. The van der Waals surface area contributed by atoms with E-state index in [-0.39, 0.29) is 12.2 Å². The standard InChI is InChI=1S/C20H17FN2O3/c1-2-26-20(25)18-13-23(11-16-5-3-4-10-22-16)12-17(19(18)24)14-6-8-15(21)9-7-14/h3-10,12-13H,2,11H2,1H3. The topological polar surface area (TPSA) is 61.2 Å². The van der Waals surface area contributed by atoms with Crippen molar-refractivity contribution in [1.82, 2.24) is 9.55 Å². The molecule has 0 atom stereocenters. The second kappa shape index (κ2) is 7.74. The third kappa shape index (κ3) is 3.85. The minimum Gasteiger partial charge on any atom is -0.462 e. The van der Waals surface area contributed by atoms with Crippen LogP contribution in [0.2, 0.25) is 0 Å². The Morgan fingerprint density at radius 1 is 1.15 bits per heavy atom. The van der Waals surface area contributed by atoms with Gasteiger partial charge in [-0.1, -0.05) is 18.2 Å². The number of ether oxygens (including phenoxy) is 1. The molecule has 1 aromatic carbocycles. The van der Waals surface area contributed by atoms with Crippen molar-refractivity contribution in [2.45, 2.75) is 13.5 Å². The number of rotatable bonds is 5. The zero-order valence-electron chi connectivity index (χ0n) is 14.2. The summed E-state index contributed by atoms with van der Waals surface area (Å²) < 4.78 is 19.9. The molecule has 26 heavy (non-hydrogen) atoms. The molecule has 0 amide bonds. The lowest BCUT2D eigenvalue weighted by Crippen LogP contribution is -2.22. The Hall–Kier alpha value is -3.28. The largest absolute Gasteiger partial charge is 0.462 e. The first-order valence-electron chi connectivity index (χ1n) is 8.15. The van der Waals surface area contributed by atoms with Crippen molar-refractivity contribution in [2.75, 3.05) is 6.61 Å². The molecule has 0 spiro atoms. The smallest absolute Gasteiger partial charge is 0.343 e. The summed E-state index contributed by atoms with van der Waals surface area (Å²) in [6.07, 6.45) is 4.76. The molecule has 132 valence electrons. The highest BCUT2D eigenvalue weighted by Gasteiger charge is 2.17. The number of nitrogens with zero attached hydrogens (tertiary/aromatic N) is 2. The third-order valence-electron chi connectivity index (χ3n) is 3.80. The van der Waals surface area contributed by atoms with Gasteiger partial charge in [0.1, 0.15) is 11.4 Å². The molecule has 3 rings (SSSR count). The predicted molar refractivity (Wildman–Crippen MR) is 95.4 cm³/mol. The van der Waals surface area contributed by atoms with Crippen LogP contribution in [0.4, 0.5) is 4.39 Å². The van der Waals surface area contributed by atoms with Crippen molar-refractivity contribution in [3.63, 3.8) is 0 Å². The van der Waals surface area contributed by atoms with Gasteiger partial charge >= 0.3 is 5.97 Å². The van der Waals surface area contributed by atoms with Gasteiger partial charge in [-0.25, -0.2) is 9.18 Å². The number of esters is 1. The van der Waals surface area contributed by atoms with E-state index in [1.807, 2.05) is 18.2 Å². The van der Waals surface area contributed by atoms with Crippen LogP contribution in [0, 0.1) is 5.82 Å². The van der Waals surface area contributed by atoms with E-state index in [0.29, 0.717) is 17.7 Å². The first-order chi connectivity index (χ1) is 12.6. The first-order valence-corrected chi connectivity index (χ1v) is 8.15. The monoisotopic (exact) mass is 352 g/mol. The summed E-state index contributed by atoms with van der Waals surface area (Å²) >= 11 is 0. The van der Waals surface area contributed by atoms with Gasteiger partial charge in [0.05, 0.1) is 18.8 Å². The van der Waals surface area contributed by atoms with Gasteiger partial charge in [-0.2, -0.15) is 0 Å². The molecule has 0 N–H and O–H groups in total. The van der Waals surface area contributed by atoms with Crippen LogP contribution in [-0.4, -0.2) is 22.1 Å². The molecule has 0 saturated carbocycles. The zero-order chi connectivity index (χ0) is 18.5. The van der Waals surface area contributed by atoms with Gasteiger partial charge in [-0.3, -0.25) is 9.78 Å². The molecule has 2 heterocycles. The normalized spacial score (nSPS) is 10.5. The molecule has 0 saturated heterocycles. The van der Waals surface area contributed by atoms with Crippen LogP contribution in [-0.2, 0) is 11.3 Å². The molecule has 0 aliphatic carbocycles. The summed E-state index contributed by atoms with van der Waals surface area (Å²) in [5.74, 6) is -1.08. The van der Waals surface area contributed by atoms with Gasteiger partial charge < -0.3 is 9.30 Å². The maximum absolute atomic E-state index is 13.2. The maximum atomic E-state index is 13.2. The molecule has 5 nitrogen and oxygen atoms in total. The van der Waals surface area contributed by atoms with Crippen LogP contribution in [0.3, 0.4) is 0 Å². The number of hydrogen-bond acceptors (Lipinski definition) is 4. The fourth-order valence-electron chi connectivity index (χ4n) is 2.59. The molecule has 0 unspecified atom stereocenters. The lowest BCUT2D eigenvalue weighted by atomic mass is 10.0. The summed E-state index contributed by atoms with van der Waals surface area (Å²) in [7, 11) is 0. The Bertz CT molecular complexity index is 967. The quantitative estimate of drug-likeness (QED) is 0.661. The fourth-order valence-corrected chi connectivity index (χ4v) is 2.59. The second-order valence-corrected chi connectivity index (χ2v) is 5.64. The summed E-state index contributed by atoms with van der Waals surface area (Å²) in [4.78, 5) is 29.2. The zero-order valence-corrected chi connectivity index (χ0v) is 14.2. The number of aromatic nitrogens is 2. The highest BCUT2D eigenvalue weighted by molar-refractivity contribution is 5.90. The lowest BCUT2D eigenvalue weighted by molar-refractivity contribution is 0.0524. The highest BCUT2D eigenvalue weighted by Crippen LogP contribution is 2.17. The second-order valence-electron chi connectivity index (χ2n) is 5.64. The summed E-state index contributed by atoms with van der Waals surface area (Å²) in [6, 6.07) is 11.1. The molecular weight excluding hydrogens is 335 g/mol. The molecule has 0 aliphatic heterocycles. The fraction of sp³-hybridized carbons (Fsp3) is 0.150. The average Bonchev–Trinajstić information content (AvgIpc) is 2.65. The van der Waals surface area contributed by atoms with Crippen LogP contribution in [0.5, 0.6) is 0 Å². The Morgan fingerprint density at radius 2 is 1.92 bits per heavy atom. The minimum atomic E-state index is -0.684. The van der Waals surface area contributed by atoms with E-state index < -0.39 is 17.2 Å². The van der Waals surface area contributed by atoms with Gasteiger partial charge in [0.15, 0.2) is 0 Å². The van der Waals surface area contributed by atoms with E-state index in [1.54, 1.807) is 23.9 Å². The van der Waals surface area contributed by atoms with E-state index in [2.05, 4.69) is 4.98 Å². The first kappa shape index (κ1) is 17.5. The van der Waals surface area contributed by atoms with Crippen LogP contribution in [0.15, 0.2) is 65.8 Å². The summed E-state index contributed by atoms with van der Waals surface area (Å²) in [5, 5.41) is 0. The van der Waals surface area contributed by atoms with E-state index >= 15 is 0 Å². The molecule has 6 heteroatoms. The summed E-state index contributed by atoms with van der Waals surface area (Å²) in [5.41, 5.74) is 1.08. The van der Waals surface area contributed by atoms with Gasteiger partial charge in [0.25, 0.3) is 0 Å². The average molecular weight is 352 g/mol. The van der Waals surface area contributed by atoms with Gasteiger partial charge in [0, 0.05) is 24.2 Å². The number of hydrogen-bond donors (Lipinski definition) is 0. The number of carbonyl (C=O) groups excluding carboxylic acids is 1. The van der Waals surface area contributed by atoms with Gasteiger partial charge in [0.2, 0.25) is 5.43 Å². The molecule has 0 fully saturated rings. The number of pyridine rings is 2. The van der Waals surface area contributed by atoms with Crippen molar-refractivity contribution >= 4 is 5.97 Å². The SMILES string of the molecule is CCOC(=O)c1cn(Cc2ccccn2)cc(-c2ccc(F)cc2)c1=O. The molecule has 3 aromatic rings. The van der Waals surface area contributed by atoms with Crippen molar-refractivity contribution in [3.8, 4) is 11.1 Å². The number of halogens is 1. The number of benzene rings is 1. The maximum Gasteiger partial charge on any atom is 0.343 e. The molecular formula is C20H17FN2O3. The molecule has 2 aromatic heterocycles. The Balaban J connectivity index is 2.11. The van der Waals surface area contributed by atoms with Crippen molar-refractivity contribution in [1.29, 1.82) is 0 Å². The van der Waals surface area contributed by atoms with Gasteiger partial charge in [-0.15, -0.1) is 0 Å². The van der Waals surface area contributed by atoms with E-state index in [4.69, 9.17) is 4.74 Å². The Kier molecular flexibility index (Phi) is 5.22.